The van der Waals surface area contributed by atoms with Gasteiger partial charge < -0.3 is 8.98 Å². The van der Waals surface area contributed by atoms with Crippen molar-refractivity contribution in [3.63, 3.8) is 0 Å². The molecule has 0 unspecified atom stereocenters. The maximum Gasteiger partial charge on any atom is 0.144 e. The molecule has 0 radical (unpaired) electrons. The van der Waals surface area contributed by atoms with Gasteiger partial charge in [0.05, 0.1) is 22.9 Å². The van der Waals surface area contributed by atoms with Crippen LogP contribution in [-0.4, -0.2) is 9.55 Å². The van der Waals surface area contributed by atoms with Crippen LogP contribution in [0.25, 0.3) is 22.4 Å². The summed E-state index contributed by atoms with van der Waals surface area (Å²) >= 11 is 0. The first-order valence-corrected chi connectivity index (χ1v) is 7.84. The Balaban J connectivity index is 1.93. The molecule has 21 heavy (non-hydrogen) atoms. The van der Waals surface area contributed by atoms with E-state index >= 15 is 0 Å². The Morgan fingerprint density at radius 1 is 1.14 bits per heavy atom. The average Bonchev–Trinajstić information content (AvgIpc) is 3.14. The topological polar surface area (TPSA) is 31.0 Å². The fourth-order valence-corrected chi connectivity index (χ4v) is 3.51. The predicted molar refractivity (Wildman–Crippen MR) is 84.3 cm³/mol. The largest absolute Gasteiger partial charge is 0.472 e. The highest BCUT2D eigenvalue weighted by Crippen LogP contribution is 2.36. The zero-order chi connectivity index (χ0) is 14.2. The molecule has 0 spiro atoms. The van der Waals surface area contributed by atoms with E-state index in [0.29, 0.717) is 6.04 Å². The minimum atomic E-state index is 0.566. The van der Waals surface area contributed by atoms with E-state index in [1.807, 2.05) is 6.07 Å². The summed E-state index contributed by atoms with van der Waals surface area (Å²) in [6.07, 6.45) is 10.0. The number of hydrogen-bond donors (Lipinski definition) is 0. The van der Waals surface area contributed by atoms with Crippen LogP contribution in [0.4, 0.5) is 0 Å². The highest BCUT2D eigenvalue weighted by Gasteiger charge is 2.22. The van der Waals surface area contributed by atoms with Crippen molar-refractivity contribution in [2.75, 3.05) is 0 Å². The van der Waals surface area contributed by atoms with E-state index in [1.54, 1.807) is 12.5 Å². The third-order valence-corrected chi connectivity index (χ3v) is 4.56. The van der Waals surface area contributed by atoms with Crippen LogP contribution in [0, 0.1) is 6.92 Å². The average molecular weight is 280 g/mol. The van der Waals surface area contributed by atoms with E-state index in [2.05, 4.69) is 29.7 Å². The SMILES string of the molecule is Cc1ccc2c(c1)nc(-c1ccoc1)n2C1CCCCC1. The van der Waals surface area contributed by atoms with Gasteiger partial charge in [-0.25, -0.2) is 4.98 Å². The summed E-state index contributed by atoms with van der Waals surface area (Å²) in [5.41, 5.74) is 4.68. The number of rotatable bonds is 2. The molecule has 1 aliphatic rings. The van der Waals surface area contributed by atoms with Gasteiger partial charge in [-0.2, -0.15) is 0 Å². The van der Waals surface area contributed by atoms with Gasteiger partial charge in [0, 0.05) is 6.04 Å². The minimum absolute atomic E-state index is 0.566. The molecule has 1 fully saturated rings. The lowest BCUT2D eigenvalue weighted by atomic mass is 9.95. The summed E-state index contributed by atoms with van der Waals surface area (Å²) < 4.78 is 7.72. The summed E-state index contributed by atoms with van der Waals surface area (Å²) in [6, 6.07) is 9.15. The summed E-state index contributed by atoms with van der Waals surface area (Å²) in [6.45, 7) is 2.12. The summed E-state index contributed by atoms with van der Waals surface area (Å²) in [5.74, 6) is 1.05. The van der Waals surface area contributed by atoms with Crippen LogP contribution in [0.5, 0.6) is 0 Å². The molecule has 1 aliphatic carbocycles. The van der Waals surface area contributed by atoms with Crippen LogP contribution >= 0.6 is 0 Å². The second-order valence-electron chi connectivity index (χ2n) is 6.10. The normalized spacial score (nSPS) is 16.6. The molecule has 2 aromatic heterocycles. The van der Waals surface area contributed by atoms with Gasteiger partial charge in [-0.05, 0) is 43.5 Å². The molecule has 0 saturated heterocycles. The quantitative estimate of drug-likeness (QED) is 0.653. The van der Waals surface area contributed by atoms with E-state index < -0.39 is 0 Å². The van der Waals surface area contributed by atoms with Gasteiger partial charge >= 0.3 is 0 Å². The van der Waals surface area contributed by atoms with Crippen LogP contribution in [-0.2, 0) is 0 Å². The number of fused-ring (bicyclic) bond motifs is 1. The lowest BCUT2D eigenvalue weighted by molar-refractivity contribution is 0.362. The molecule has 0 amide bonds. The van der Waals surface area contributed by atoms with Crippen molar-refractivity contribution in [2.45, 2.75) is 45.1 Å². The minimum Gasteiger partial charge on any atom is -0.472 e. The van der Waals surface area contributed by atoms with E-state index in [-0.39, 0.29) is 0 Å². The molecule has 3 nitrogen and oxygen atoms in total. The van der Waals surface area contributed by atoms with Gasteiger partial charge in [0.1, 0.15) is 12.1 Å². The molecular formula is C18H20N2O. The van der Waals surface area contributed by atoms with Crippen LogP contribution in [0.3, 0.4) is 0 Å². The first-order chi connectivity index (χ1) is 10.3. The molecule has 0 atom stereocenters. The molecule has 0 N–H and O–H groups in total. The Bertz CT molecular complexity index is 749. The molecule has 3 aromatic rings. The maximum atomic E-state index is 5.28. The highest BCUT2D eigenvalue weighted by atomic mass is 16.3. The third-order valence-electron chi connectivity index (χ3n) is 4.56. The van der Waals surface area contributed by atoms with Gasteiger partial charge in [0.2, 0.25) is 0 Å². The van der Waals surface area contributed by atoms with Gasteiger partial charge in [-0.1, -0.05) is 25.3 Å². The second kappa shape index (κ2) is 5.06. The molecule has 1 saturated carbocycles. The molecule has 108 valence electrons. The van der Waals surface area contributed by atoms with Crippen molar-refractivity contribution in [3.8, 4) is 11.4 Å². The summed E-state index contributed by atoms with van der Waals surface area (Å²) in [5, 5.41) is 0. The zero-order valence-corrected chi connectivity index (χ0v) is 12.4. The van der Waals surface area contributed by atoms with E-state index in [4.69, 9.17) is 9.40 Å². The Morgan fingerprint density at radius 2 is 2.00 bits per heavy atom. The Hall–Kier alpha value is -2.03. The standard InChI is InChI=1S/C18H20N2O/c1-13-7-8-17-16(11-13)19-18(14-9-10-21-12-14)20(17)15-5-3-2-4-6-15/h7-12,15H,2-6H2,1H3. The number of nitrogens with zero attached hydrogens (tertiary/aromatic N) is 2. The van der Waals surface area contributed by atoms with Crippen molar-refractivity contribution in [2.24, 2.45) is 0 Å². The Labute approximate surface area is 124 Å². The molecule has 0 aliphatic heterocycles. The molecule has 3 heteroatoms. The van der Waals surface area contributed by atoms with Crippen LogP contribution < -0.4 is 0 Å². The van der Waals surface area contributed by atoms with Crippen molar-refractivity contribution < 1.29 is 4.42 Å². The van der Waals surface area contributed by atoms with Crippen molar-refractivity contribution in [1.82, 2.24) is 9.55 Å². The van der Waals surface area contributed by atoms with Crippen molar-refractivity contribution in [1.29, 1.82) is 0 Å². The lowest BCUT2D eigenvalue weighted by Crippen LogP contribution is -2.13. The highest BCUT2D eigenvalue weighted by molar-refractivity contribution is 5.81. The van der Waals surface area contributed by atoms with Crippen molar-refractivity contribution in [3.05, 3.63) is 42.4 Å². The van der Waals surface area contributed by atoms with Crippen LogP contribution in [0.15, 0.2) is 41.2 Å². The van der Waals surface area contributed by atoms with E-state index in [9.17, 15) is 0 Å². The molecule has 2 heterocycles. The summed E-state index contributed by atoms with van der Waals surface area (Å²) in [4.78, 5) is 4.89. The first-order valence-electron chi connectivity index (χ1n) is 7.84. The lowest BCUT2D eigenvalue weighted by Gasteiger charge is -2.25. The number of aromatic nitrogens is 2. The van der Waals surface area contributed by atoms with Crippen LogP contribution in [0.2, 0.25) is 0 Å². The fourth-order valence-electron chi connectivity index (χ4n) is 3.51. The van der Waals surface area contributed by atoms with E-state index in [1.165, 1.54) is 43.2 Å². The number of imidazole rings is 1. The molecular weight excluding hydrogens is 260 g/mol. The van der Waals surface area contributed by atoms with Gasteiger partial charge in [0.15, 0.2) is 0 Å². The predicted octanol–water partition coefficient (Wildman–Crippen LogP) is 5.11. The number of furan rings is 1. The second-order valence-corrected chi connectivity index (χ2v) is 6.10. The number of benzene rings is 1. The first kappa shape index (κ1) is 12.7. The fraction of sp³-hybridized carbons (Fsp3) is 0.389. The van der Waals surface area contributed by atoms with Gasteiger partial charge in [0.25, 0.3) is 0 Å². The number of hydrogen-bond acceptors (Lipinski definition) is 2. The van der Waals surface area contributed by atoms with Gasteiger partial charge in [-0.15, -0.1) is 0 Å². The third kappa shape index (κ3) is 2.17. The Morgan fingerprint density at radius 3 is 2.76 bits per heavy atom. The summed E-state index contributed by atoms with van der Waals surface area (Å²) in [7, 11) is 0. The van der Waals surface area contributed by atoms with Crippen molar-refractivity contribution >= 4 is 11.0 Å². The zero-order valence-electron chi connectivity index (χ0n) is 12.4. The monoisotopic (exact) mass is 280 g/mol. The molecule has 1 aromatic carbocycles. The maximum absolute atomic E-state index is 5.28. The van der Waals surface area contributed by atoms with E-state index in [0.717, 1.165) is 16.9 Å². The number of aryl methyl sites for hydroxylation is 1. The van der Waals surface area contributed by atoms with Gasteiger partial charge in [-0.3, -0.25) is 0 Å². The smallest absolute Gasteiger partial charge is 0.144 e. The Kier molecular flexibility index (Phi) is 3.06. The van der Waals surface area contributed by atoms with Crippen LogP contribution in [0.1, 0.15) is 43.7 Å². The molecule has 0 bridgehead atoms. The molecule has 4 rings (SSSR count).